The zero-order chi connectivity index (χ0) is 8.72. The minimum atomic E-state index is -1.03. The molecule has 2 saturated heterocycles. The number of alkyl halides is 1. The van der Waals surface area contributed by atoms with Crippen LogP contribution < -0.4 is 21.6 Å². The Kier molecular flexibility index (Phi) is 2.54. The van der Waals surface area contributed by atoms with Crippen LogP contribution in [-0.4, -0.2) is 50.5 Å². The Bertz CT molecular complexity index is 173. The zero-order valence-electron chi connectivity index (χ0n) is 6.13. The molecule has 0 spiro atoms. The fourth-order valence-electron chi connectivity index (χ4n) is 1.27. The van der Waals surface area contributed by atoms with E-state index in [-0.39, 0.29) is 16.8 Å². The number of rotatable bonds is 1. The molecule has 0 aromatic carbocycles. The fourth-order valence-corrected chi connectivity index (χ4v) is 3.37. The van der Waals surface area contributed by atoms with E-state index in [1.165, 1.54) is 0 Å². The van der Waals surface area contributed by atoms with Gasteiger partial charge in [0.15, 0.2) is 0 Å². The van der Waals surface area contributed by atoms with E-state index in [1.54, 1.807) is 0 Å². The summed E-state index contributed by atoms with van der Waals surface area (Å²) in [5.41, 5.74) is 0. The van der Waals surface area contributed by atoms with Gasteiger partial charge in [0, 0.05) is 0 Å². The summed E-state index contributed by atoms with van der Waals surface area (Å²) in [5.74, 6) is 0. The Labute approximate surface area is 80.1 Å². The molecule has 72 valence electrons. The van der Waals surface area contributed by atoms with E-state index in [9.17, 15) is 10.2 Å². The predicted octanol–water partition coefficient (Wildman–Crippen LogP) is -5.17. The normalized spacial score (nSPS) is 53.4. The SMILES string of the molecule is OCC1OC2[I-]OC2C(O)C1O. The average Bonchev–Trinajstić information content (AvgIpc) is 2.01. The third-order valence-electron chi connectivity index (χ3n) is 2.05. The summed E-state index contributed by atoms with van der Waals surface area (Å²) in [6.07, 6.45) is -2.95. The Morgan fingerprint density at radius 1 is 1.25 bits per heavy atom. The van der Waals surface area contributed by atoms with Crippen molar-refractivity contribution in [3.8, 4) is 0 Å². The summed E-state index contributed by atoms with van der Waals surface area (Å²) in [7, 11) is 0. The van der Waals surface area contributed by atoms with Gasteiger partial charge in [-0.15, -0.1) is 0 Å². The Balaban J connectivity index is 2.04. The van der Waals surface area contributed by atoms with Crippen molar-refractivity contribution in [2.45, 2.75) is 28.5 Å². The molecule has 0 aliphatic carbocycles. The third kappa shape index (κ3) is 1.26. The molecule has 5 atom stereocenters. The standard InChI is InChI=1S/C6H10IO5/c8-1-2-3(9)4(10)5-6(11-2)7-12-5/h2-6,8-10H,1H2/q-1. The number of aliphatic hydroxyl groups excluding tert-OH is 3. The van der Waals surface area contributed by atoms with Gasteiger partial charge < -0.3 is 0 Å². The topological polar surface area (TPSA) is 79.2 Å². The Morgan fingerprint density at radius 2 is 2.00 bits per heavy atom. The van der Waals surface area contributed by atoms with E-state index in [0.29, 0.717) is 0 Å². The van der Waals surface area contributed by atoms with Crippen LogP contribution in [-0.2, 0) is 7.80 Å². The van der Waals surface area contributed by atoms with E-state index in [1.807, 2.05) is 0 Å². The van der Waals surface area contributed by atoms with Gasteiger partial charge in [-0.1, -0.05) is 0 Å². The molecule has 5 unspecified atom stereocenters. The number of aliphatic hydroxyl groups is 3. The van der Waals surface area contributed by atoms with E-state index < -0.39 is 39.9 Å². The summed E-state index contributed by atoms with van der Waals surface area (Å²) in [6.45, 7) is -0.259. The third-order valence-corrected chi connectivity index (χ3v) is 4.44. The molecule has 0 bridgehead atoms. The van der Waals surface area contributed by atoms with Crippen LogP contribution in [0.25, 0.3) is 0 Å². The molecule has 2 heterocycles. The van der Waals surface area contributed by atoms with Crippen LogP contribution >= 0.6 is 0 Å². The number of fused-ring (bicyclic) bond motifs is 1. The van der Waals surface area contributed by atoms with Gasteiger partial charge in [-0.3, -0.25) is 0 Å². The first-order valence-electron chi connectivity index (χ1n) is 3.65. The van der Waals surface area contributed by atoms with Gasteiger partial charge in [0.2, 0.25) is 0 Å². The summed E-state index contributed by atoms with van der Waals surface area (Å²) in [6, 6.07) is 0. The van der Waals surface area contributed by atoms with Crippen molar-refractivity contribution >= 4 is 0 Å². The van der Waals surface area contributed by atoms with Gasteiger partial charge in [0.05, 0.1) is 0 Å². The van der Waals surface area contributed by atoms with Crippen LogP contribution in [0.1, 0.15) is 0 Å². The number of hydrogen-bond donors (Lipinski definition) is 3. The Hall–Kier alpha value is 0.530. The molecule has 0 amide bonds. The number of hydrogen-bond acceptors (Lipinski definition) is 5. The van der Waals surface area contributed by atoms with E-state index in [4.69, 9.17) is 12.9 Å². The van der Waals surface area contributed by atoms with E-state index in [2.05, 4.69) is 0 Å². The second-order valence-corrected chi connectivity index (χ2v) is 5.08. The maximum absolute atomic E-state index is 9.42. The summed E-state index contributed by atoms with van der Waals surface area (Å²) >= 11 is -0.455. The number of halogens is 1. The summed E-state index contributed by atoms with van der Waals surface area (Å²) in [5, 5.41) is 27.6. The van der Waals surface area contributed by atoms with Gasteiger partial charge in [-0.25, -0.2) is 0 Å². The van der Waals surface area contributed by atoms with Crippen molar-refractivity contribution in [1.82, 2.24) is 0 Å². The quantitative estimate of drug-likeness (QED) is 0.332. The molecular weight excluding hydrogens is 279 g/mol. The van der Waals surface area contributed by atoms with Crippen molar-refractivity contribution in [2.75, 3.05) is 6.61 Å². The zero-order valence-corrected chi connectivity index (χ0v) is 8.29. The van der Waals surface area contributed by atoms with Crippen molar-refractivity contribution in [1.29, 1.82) is 0 Å². The van der Waals surface area contributed by atoms with Gasteiger partial charge >= 0.3 is 79.9 Å². The Morgan fingerprint density at radius 3 is 2.50 bits per heavy atom. The fraction of sp³-hybridized carbons (Fsp3) is 1.00. The van der Waals surface area contributed by atoms with Crippen molar-refractivity contribution in [3.05, 3.63) is 0 Å². The van der Waals surface area contributed by atoms with Crippen LogP contribution in [0.4, 0.5) is 0 Å². The van der Waals surface area contributed by atoms with Crippen LogP contribution in [0.15, 0.2) is 0 Å². The van der Waals surface area contributed by atoms with Crippen LogP contribution in [0, 0.1) is 0 Å². The summed E-state index contributed by atoms with van der Waals surface area (Å²) in [4.78, 5) is 0. The first-order chi connectivity index (χ1) is 5.74. The molecular formula is C6H10IO5-. The monoisotopic (exact) mass is 289 g/mol. The molecule has 2 aliphatic rings. The second-order valence-electron chi connectivity index (χ2n) is 2.83. The minimum absolute atomic E-state index is 0.0562. The van der Waals surface area contributed by atoms with Crippen LogP contribution in [0.3, 0.4) is 0 Å². The van der Waals surface area contributed by atoms with Gasteiger partial charge in [0.1, 0.15) is 0 Å². The molecule has 2 aliphatic heterocycles. The second kappa shape index (κ2) is 3.35. The molecule has 2 fully saturated rings. The first kappa shape index (κ1) is 9.10. The molecule has 2 rings (SSSR count). The predicted molar refractivity (Wildman–Crippen MR) is 32.6 cm³/mol. The molecule has 0 aromatic rings. The van der Waals surface area contributed by atoms with Crippen molar-refractivity contribution < 1.29 is 44.7 Å². The van der Waals surface area contributed by atoms with Gasteiger partial charge in [-0.05, 0) is 0 Å². The summed E-state index contributed by atoms with van der Waals surface area (Å²) < 4.78 is 10.3. The molecule has 6 heteroatoms. The average molecular weight is 289 g/mol. The van der Waals surface area contributed by atoms with Gasteiger partial charge in [0.25, 0.3) is 0 Å². The maximum atomic E-state index is 9.42. The number of ether oxygens (including phenoxy) is 1. The molecule has 12 heavy (non-hydrogen) atoms. The first-order valence-corrected chi connectivity index (χ1v) is 5.78. The van der Waals surface area contributed by atoms with E-state index >= 15 is 0 Å². The molecule has 0 saturated carbocycles. The van der Waals surface area contributed by atoms with Crippen LogP contribution in [0.5, 0.6) is 0 Å². The van der Waals surface area contributed by atoms with Crippen LogP contribution in [0.2, 0.25) is 0 Å². The van der Waals surface area contributed by atoms with Crippen molar-refractivity contribution in [3.63, 3.8) is 0 Å². The van der Waals surface area contributed by atoms with Crippen molar-refractivity contribution in [2.24, 2.45) is 0 Å². The molecule has 0 aromatic heterocycles. The molecule has 0 radical (unpaired) electrons. The molecule has 3 N–H and O–H groups in total. The van der Waals surface area contributed by atoms with Gasteiger partial charge in [-0.2, -0.15) is 0 Å². The van der Waals surface area contributed by atoms with E-state index in [0.717, 1.165) is 0 Å². The molecule has 5 nitrogen and oxygen atoms in total.